The lowest BCUT2D eigenvalue weighted by atomic mass is 10.0. The molecule has 0 aliphatic rings. The van der Waals surface area contributed by atoms with Crippen LogP contribution in [0.2, 0.25) is 5.02 Å². The number of aldehydes is 1. The Bertz CT molecular complexity index is 452. The molecule has 0 heterocycles. The number of benzene rings is 1. The Labute approximate surface area is 106 Å². The second-order valence-corrected chi connectivity index (χ2v) is 4.26. The molecule has 1 aromatic carbocycles. The maximum atomic E-state index is 11.8. The van der Waals surface area contributed by atoms with E-state index in [4.69, 9.17) is 11.6 Å². The Hall–Kier alpha value is -1.61. The summed E-state index contributed by atoms with van der Waals surface area (Å²) in [5.41, 5.74) is 0.876. The summed E-state index contributed by atoms with van der Waals surface area (Å²) in [5.74, 6) is -0.234. The molecule has 1 aromatic rings. The fraction of sp³-hybridized carbons (Fsp3) is 0.231. The predicted molar refractivity (Wildman–Crippen MR) is 68.0 cm³/mol. The minimum Gasteiger partial charge on any atom is -0.383 e. The number of hydrogen-bond donors (Lipinski definition) is 0. The van der Waals surface area contributed by atoms with Crippen molar-refractivity contribution in [2.75, 3.05) is 14.1 Å². The molecule has 4 heteroatoms. The van der Waals surface area contributed by atoms with Crippen LogP contribution >= 0.6 is 11.6 Å². The van der Waals surface area contributed by atoms with Gasteiger partial charge in [-0.2, -0.15) is 0 Å². The van der Waals surface area contributed by atoms with E-state index in [1.165, 1.54) is 6.20 Å². The monoisotopic (exact) mass is 251 g/mol. The second kappa shape index (κ2) is 6.21. The molecule has 0 fully saturated rings. The molecule has 0 saturated heterocycles. The molecule has 0 radical (unpaired) electrons. The summed E-state index contributed by atoms with van der Waals surface area (Å²) in [4.78, 5) is 24.3. The van der Waals surface area contributed by atoms with E-state index in [1.807, 2.05) is 6.07 Å². The van der Waals surface area contributed by atoms with E-state index in [0.717, 1.165) is 5.56 Å². The molecule has 0 bridgehead atoms. The highest BCUT2D eigenvalue weighted by molar-refractivity contribution is 6.31. The van der Waals surface area contributed by atoms with E-state index in [9.17, 15) is 9.59 Å². The molecular weight excluding hydrogens is 238 g/mol. The number of hydrogen-bond acceptors (Lipinski definition) is 3. The highest BCUT2D eigenvalue weighted by Gasteiger charge is 2.11. The number of carbonyl (C=O) groups excluding carboxylic acids is 2. The molecule has 0 saturated carbocycles. The zero-order valence-corrected chi connectivity index (χ0v) is 10.6. The molecule has 0 aliphatic carbocycles. The van der Waals surface area contributed by atoms with Crippen molar-refractivity contribution >= 4 is 23.7 Å². The Balaban J connectivity index is 2.85. The van der Waals surface area contributed by atoms with Crippen LogP contribution in [-0.4, -0.2) is 31.1 Å². The van der Waals surface area contributed by atoms with Gasteiger partial charge in [0.2, 0.25) is 0 Å². The van der Waals surface area contributed by atoms with Gasteiger partial charge in [-0.15, -0.1) is 0 Å². The van der Waals surface area contributed by atoms with Crippen LogP contribution in [0, 0.1) is 0 Å². The topological polar surface area (TPSA) is 37.4 Å². The van der Waals surface area contributed by atoms with Crippen molar-refractivity contribution in [3.05, 3.63) is 46.6 Å². The predicted octanol–water partition coefficient (Wildman–Crippen LogP) is 2.10. The summed E-state index contributed by atoms with van der Waals surface area (Å²) >= 11 is 5.95. The van der Waals surface area contributed by atoms with Gasteiger partial charge in [0.25, 0.3) is 0 Å². The van der Waals surface area contributed by atoms with Gasteiger partial charge in [-0.3, -0.25) is 9.59 Å². The van der Waals surface area contributed by atoms with Crippen LogP contribution in [0.4, 0.5) is 0 Å². The van der Waals surface area contributed by atoms with Crippen molar-refractivity contribution in [2.24, 2.45) is 0 Å². The van der Waals surface area contributed by atoms with Gasteiger partial charge in [-0.25, -0.2) is 0 Å². The van der Waals surface area contributed by atoms with Crippen LogP contribution in [0.1, 0.15) is 5.56 Å². The SMILES string of the molecule is CN(C)C=C(C=O)C(=O)Cc1ccccc1Cl. The van der Waals surface area contributed by atoms with E-state index in [-0.39, 0.29) is 17.8 Å². The first-order valence-corrected chi connectivity index (χ1v) is 5.52. The van der Waals surface area contributed by atoms with Gasteiger partial charge < -0.3 is 4.90 Å². The average molecular weight is 252 g/mol. The highest BCUT2D eigenvalue weighted by Crippen LogP contribution is 2.16. The summed E-state index contributed by atoms with van der Waals surface area (Å²) in [7, 11) is 3.51. The number of Topliss-reactive ketones (excluding diaryl/α,β-unsaturated/α-hetero) is 1. The number of carbonyl (C=O) groups is 2. The quantitative estimate of drug-likeness (QED) is 0.348. The van der Waals surface area contributed by atoms with Crippen molar-refractivity contribution in [1.82, 2.24) is 4.90 Å². The molecule has 0 unspecified atom stereocenters. The van der Waals surface area contributed by atoms with Crippen LogP contribution in [0.3, 0.4) is 0 Å². The Morgan fingerprint density at radius 1 is 1.35 bits per heavy atom. The van der Waals surface area contributed by atoms with Crippen LogP contribution in [0.25, 0.3) is 0 Å². The van der Waals surface area contributed by atoms with Gasteiger partial charge in [0, 0.05) is 31.7 Å². The molecule has 0 N–H and O–H groups in total. The molecule has 0 atom stereocenters. The zero-order valence-electron chi connectivity index (χ0n) is 9.81. The summed E-state index contributed by atoms with van der Waals surface area (Å²) in [5, 5.41) is 0.538. The van der Waals surface area contributed by atoms with E-state index in [2.05, 4.69) is 0 Å². The smallest absolute Gasteiger partial charge is 0.172 e. The van der Waals surface area contributed by atoms with E-state index < -0.39 is 0 Å². The maximum Gasteiger partial charge on any atom is 0.172 e. The molecule has 0 aromatic heterocycles. The van der Waals surface area contributed by atoms with Crippen LogP contribution < -0.4 is 0 Å². The van der Waals surface area contributed by atoms with Gasteiger partial charge in [0.15, 0.2) is 12.1 Å². The van der Waals surface area contributed by atoms with Gasteiger partial charge in [-0.05, 0) is 11.6 Å². The average Bonchev–Trinajstić information content (AvgIpc) is 2.28. The Morgan fingerprint density at radius 2 is 2.00 bits per heavy atom. The van der Waals surface area contributed by atoms with E-state index in [0.29, 0.717) is 11.3 Å². The molecule has 1 rings (SSSR count). The van der Waals surface area contributed by atoms with Crippen molar-refractivity contribution in [3.8, 4) is 0 Å². The normalized spacial score (nSPS) is 11.1. The molecule has 90 valence electrons. The number of rotatable bonds is 5. The van der Waals surface area contributed by atoms with Crippen molar-refractivity contribution in [2.45, 2.75) is 6.42 Å². The minimum absolute atomic E-state index is 0.137. The van der Waals surface area contributed by atoms with Gasteiger partial charge in [0.1, 0.15) is 0 Å². The lowest BCUT2D eigenvalue weighted by molar-refractivity contribution is -0.117. The molecular formula is C13H14ClNO2. The highest BCUT2D eigenvalue weighted by atomic mass is 35.5. The second-order valence-electron chi connectivity index (χ2n) is 3.86. The van der Waals surface area contributed by atoms with Crippen LogP contribution in [0.15, 0.2) is 36.0 Å². The van der Waals surface area contributed by atoms with Crippen LogP contribution in [0.5, 0.6) is 0 Å². The fourth-order valence-corrected chi connectivity index (χ4v) is 1.57. The van der Waals surface area contributed by atoms with E-state index >= 15 is 0 Å². The molecule has 17 heavy (non-hydrogen) atoms. The van der Waals surface area contributed by atoms with Gasteiger partial charge >= 0.3 is 0 Å². The molecule has 3 nitrogen and oxygen atoms in total. The first-order chi connectivity index (χ1) is 8.04. The van der Waals surface area contributed by atoms with E-state index in [1.54, 1.807) is 37.2 Å². The first-order valence-electron chi connectivity index (χ1n) is 5.14. The van der Waals surface area contributed by atoms with Crippen molar-refractivity contribution in [3.63, 3.8) is 0 Å². The van der Waals surface area contributed by atoms with Crippen molar-refractivity contribution < 1.29 is 9.59 Å². The Morgan fingerprint density at radius 3 is 2.53 bits per heavy atom. The lowest BCUT2D eigenvalue weighted by Gasteiger charge is -2.07. The summed E-state index contributed by atoms with van der Waals surface area (Å²) in [6.45, 7) is 0. The third kappa shape index (κ3) is 4.04. The first kappa shape index (κ1) is 13.5. The van der Waals surface area contributed by atoms with Gasteiger partial charge in [-0.1, -0.05) is 29.8 Å². The maximum absolute atomic E-state index is 11.8. The summed E-state index contributed by atoms with van der Waals surface area (Å²) in [6.07, 6.45) is 2.21. The number of halogens is 1. The lowest BCUT2D eigenvalue weighted by Crippen LogP contribution is -2.12. The minimum atomic E-state index is -0.234. The standard InChI is InChI=1S/C13H14ClNO2/c1-15(2)8-11(9-16)13(17)7-10-5-3-4-6-12(10)14/h3-6,8-9H,7H2,1-2H3. The van der Waals surface area contributed by atoms with Gasteiger partial charge in [0.05, 0.1) is 5.57 Å². The van der Waals surface area contributed by atoms with Crippen molar-refractivity contribution in [1.29, 1.82) is 0 Å². The molecule has 0 spiro atoms. The molecule has 0 aliphatic heterocycles. The fourth-order valence-electron chi connectivity index (χ4n) is 1.36. The largest absolute Gasteiger partial charge is 0.383 e. The Kier molecular flexibility index (Phi) is 4.91. The zero-order chi connectivity index (χ0) is 12.8. The summed E-state index contributed by atoms with van der Waals surface area (Å²) in [6, 6.07) is 7.11. The number of ketones is 1. The number of allylic oxidation sites excluding steroid dienone is 1. The summed E-state index contributed by atoms with van der Waals surface area (Å²) < 4.78 is 0. The van der Waals surface area contributed by atoms with Crippen LogP contribution in [-0.2, 0) is 16.0 Å². The third-order valence-corrected chi connectivity index (χ3v) is 2.52. The number of nitrogens with zero attached hydrogens (tertiary/aromatic N) is 1. The third-order valence-electron chi connectivity index (χ3n) is 2.16. The molecule has 0 amide bonds.